The molecule has 0 amide bonds. The molecule has 20 heavy (non-hydrogen) atoms. The van der Waals surface area contributed by atoms with Crippen LogP contribution in [0.1, 0.15) is 19.4 Å². The number of benzene rings is 1. The monoisotopic (exact) mass is 323 g/mol. The maximum atomic E-state index is 6.03. The minimum absolute atomic E-state index is 0.297. The number of fused-ring (bicyclic) bond motifs is 1. The minimum Gasteiger partial charge on any atom is -0.324 e. The number of nitrogens with zero attached hydrogens (tertiary/aromatic N) is 1. The van der Waals surface area contributed by atoms with E-state index in [-0.39, 0.29) is 5.54 Å². The van der Waals surface area contributed by atoms with Crippen molar-refractivity contribution in [2.24, 2.45) is 4.99 Å². The van der Waals surface area contributed by atoms with Gasteiger partial charge in [0, 0.05) is 11.9 Å². The largest absolute Gasteiger partial charge is 0.324 e. The normalized spacial score (nSPS) is 16.4. The van der Waals surface area contributed by atoms with E-state index >= 15 is 0 Å². The van der Waals surface area contributed by atoms with Gasteiger partial charge in [0.2, 0.25) is 5.96 Å². The number of hydrogen-bond acceptors (Lipinski definition) is 3. The van der Waals surface area contributed by atoms with Crippen molar-refractivity contribution < 1.29 is 0 Å². The molecule has 6 heteroatoms. The van der Waals surface area contributed by atoms with Gasteiger partial charge in [-0.25, -0.2) is 4.99 Å². The number of halogens is 1. The molecule has 0 saturated heterocycles. The lowest BCUT2D eigenvalue weighted by Gasteiger charge is -2.24. The number of guanidine groups is 1. The zero-order valence-corrected chi connectivity index (χ0v) is 13.5. The summed E-state index contributed by atoms with van der Waals surface area (Å²) in [6, 6.07) is 12.2. The van der Waals surface area contributed by atoms with Crippen molar-refractivity contribution in [2.45, 2.75) is 23.6 Å². The Hall–Kier alpha value is -1.17. The minimum atomic E-state index is -0.297. The predicted octanol–water partition coefficient (Wildman–Crippen LogP) is 4.72. The van der Waals surface area contributed by atoms with Crippen molar-refractivity contribution in [3.05, 3.63) is 46.3 Å². The van der Waals surface area contributed by atoms with Crippen LogP contribution in [0.5, 0.6) is 0 Å². The summed E-state index contributed by atoms with van der Waals surface area (Å²) in [4.78, 5) is 4.78. The van der Waals surface area contributed by atoms with Crippen LogP contribution >= 0.6 is 34.9 Å². The number of anilines is 1. The summed E-state index contributed by atoms with van der Waals surface area (Å²) in [5, 5.41) is 3.29. The summed E-state index contributed by atoms with van der Waals surface area (Å²) < 4.78 is 5.13. The number of aliphatic imine (C=N–C) groups is 1. The molecule has 1 aliphatic heterocycles. The first-order valence-corrected chi connectivity index (χ1v) is 8.20. The van der Waals surface area contributed by atoms with E-state index in [1.54, 1.807) is 23.3 Å². The van der Waals surface area contributed by atoms with E-state index in [4.69, 9.17) is 16.6 Å². The highest BCUT2D eigenvalue weighted by Crippen LogP contribution is 2.39. The number of thiophene rings is 1. The maximum Gasteiger partial charge on any atom is 0.207 e. The summed E-state index contributed by atoms with van der Waals surface area (Å²) in [7, 11) is 0. The van der Waals surface area contributed by atoms with Crippen LogP contribution in [0.3, 0.4) is 0 Å². The molecule has 0 aliphatic carbocycles. The molecule has 0 unspecified atom stereocenters. The van der Waals surface area contributed by atoms with Gasteiger partial charge in [0.05, 0.1) is 15.6 Å². The molecule has 0 spiro atoms. The fourth-order valence-electron chi connectivity index (χ4n) is 2.00. The van der Waals surface area contributed by atoms with Crippen molar-refractivity contribution in [2.75, 3.05) is 5.32 Å². The molecule has 3 rings (SSSR count). The van der Waals surface area contributed by atoms with Gasteiger partial charge < -0.3 is 5.32 Å². The summed E-state index contributed by atoms with van der Waals surface area (Å²) in [6.07, 6.45) is 0. The molecule has 104 valence electrons. The molecule has 2 heterocycles. The van der Waals surface area contributed by atoms with E-state index < -0.39 is 0 Å². The molecule has 0 atom stereocenters. The second-order valence-corrected chi connectivity index (χ2v) is 7.72. The summed E-state index contributed by atoms with van der Waals surface area (Å²) in [5.41, 5.74) is 1.90. The van der Waals surface area contributed by atoms with Gasteiger partial charge in [-0.05, 0) is 25.5 Å². The Labute approximate surface area is 131 Å². The van der Waals surface area contributed by atoms with Crippen LogP contribution in [0.15, 0.2) is 45.6 Å². The van der Waals surface area contributed by atoms with Gasteiger partial charge >= 0.3 is 0 Å². The van der Waals surface area contributed by atoms with E-state index in [2.05, 4.69) is 36.0 Å². The lowest BCUT2D eigenvalue weighted by molar-refractivity contribution is 0.557. The third kappa shape index (κ3) is 2.80. The Morgan fingerprint density at radius 2 is 1.95 bits per heavy atom. The maximum absolute atomic E-state index is 6.03. The van der Waals surface area contributed by atoms with Crippen LogP contribution in [0.25, 0.3) is 0 Å². The number of hydrogen-bond donors (Lipinski definition) is 2. The Kier molecular flexibility index (Phi) is 3.67. The zero-order valence-electron chi connectivity index (χ0n) is 11.1. The lowest BCUT2D eigenvalue weighted by atomic mass is 9.95. The third-order valence-corrected chi connectivity index (χ3v) is 5.29. The average molecular weight is 324 g/mol. The number of nitrogens with one attached hydrogen (secondary N) is 2. The summed E-state index contributed by atoms with van der Waals surface area (Å²) in [5.74, 6) is 0.755. The van der Waals surface area contributed by atoms with Crippen molar-refractivity contribution in [3.8, 4) is 0 Å². The fraction of sp³-hybridized carbons (Fsp3) is 0.214. The zero-order chi connectivity index (χ0) is 14.2. The van der Waals surface area contributed by atoms with Crippen LogP contribution in [-0.4, -0.2) is 5.96 Å². The lowest BCUT2D eigenvalue weighted by Crippen LogP contribution is -2.32. The van der Waals surface area contributed by atoms with Crippen LogP contribution in [0.4, 0.5) is 5.69 Å². The number of rotatable bonds is 2. The molecule has 2 aromatic rings. The molecule has 0 radical (unpaired) electrons. The third-order valence-electron chi connectivity index (χ3n) is 3.03. The molecule has 1 aromatic heterocycles. The molecule has 0 bridgehead atoms. The Morgan fingerprint density at radius 3 is 2.70 bits per heavy atom. The van der Waals surface area contributed by atoms with Crippen molar-refractivity contribution >= 4 is 46.5 Å². The van der Waals surface area contributed by atoms with Gasteiger partial charge in [0.15, 0.2) is 0 Å². The van der Waals surface area contributed by atoms with Gasteiger partial charge in [0.1, 0.15) is 4.21 Å². The smallest absolute Gasteiger partial charge is 0.207 e. The van der Waals surface area contributed by atoms with E-state index in [9.17, 15) is 0 Å². The standard InChI is InChI=1S/C14H14ClN3S2/c1-14(2,9-6-4-3-5-7-9)17-13-16-10-8-11(15)19-12(10)20-18-13/h3-8H,1-2H3,(H2,16,17,18). The topological polar surface area (TPSA) is 36.4 Å². The molecule has 3 nitrogen and oxygen atoms in total. The van der Waals surface area contributed by atoms with Gasteiger partial charge in [0.25, 0.3) is 0 Å². The van der Waals surface area contributed by atoms with E-state index in [0.29, 0.717) is 0 Å². The SMILES string of the molecule is CC(C)(N=C1NSc2sc(Cl)cc2N1)c1ccccc1. The van der Waals surface area contributed by atoms with E-state index in [0.717, 1.165) is 20.2 Å². The highest BCUT2D eigenvalue weighted by atomic mass is 35.5. The quantitative estimate of drug-likeness (QED) is 0.785. The van der Waals surface area contributed by atoms with Crippen molar-refractivity contribution in [1.82, 2.24) is 4.72 Å². The van der Waals surface area contributed by atoms with Gasteiger partial charge in [-0.15, -0.1) is 11.3 Å². The fourth-order valence-corrected chi connectivity index (χ4v) is 4.12. The molecule has 1 aromatic carbocycles. The Morgan fingerprint density at radius 1 is 1.20 bits per heavy atom. The first kappa shape index (κ1) is 13.8. The molecular formula is C14H14ClN3S2. The van der Waals surface area contributed by atoms with Gasteiger partial charge in [-0.1, -0.05) is 41.9 Å². The van der Waals surface area contributed by atoms with Crippen LogP contribution in [-0.2, 0) is 5.54 Å². The molecule has 2 N–H and O–H groups in total. The van der Waals surface area contributed by atoms with Crippen LogP contribution in [0, 0.1) is 0 Å². The van der Waals surface area contributed by atoms with Crippen molar-refractivity contribution in [3.63, 3.8) is 0 Å². The molecule has 0 saturated carbocycles. The van der Waals surface area contributed by atoms with E-state index in [1.165, 1.54) is 5.56 Å². The molecular weight excluding hydrogens is 310 g/mol. The first-order chi connectivity index (χ1) is 9.54. The summed E-state index contributed by atoms with van der Waals surface area (Å²) >= 11 is 9.12. The Balaban J connectivity index is 1.86. The van der Waals surface area contributed by atoms with E-state index in [1.807, 2.05) is 24.3 Å². The summed E-state index contributed by atoms with van der Waals surface area (Å²) in [6.45, 7) is 4.19. The average Bonchev–Trinajstić information content (AvgIpc) is 2.79. The van der Waals surface area contributed by atoms with Crippen molar-refractivity contribution in [1.29, 1.82) is 0 Å². The highest BCUT2D eigenvalue weighted by Gasteiger charge is 2.23. The second kappa shape index (κ2) is 5.31. The predicted molar refractivity (Wildman–Crippen MR) is 88.8 cm³/mol. The van der Waals surface area contributed by atoms with Gasteiger partial charge in [-0.3, -0.25) is 4.72 Å². The molecule has 0 fully saturated rings. The molecule has 1 aliphatic rings. The highest BCUT2D eigenvalue weighted by molar-refractivity contribution is 8.00. The van der Waals surface area contributed by atoms with Crippen LogP contribution < -0.4 is 10.0 Å². The first-order valence-electron chi connectivity index (χ1n) is 6.19. The van der Waals surface area contributed by atoms with Gasteiger partial charge in [-0.2, -0.15) is 0 Å². The second-order valence-electron chi connectivity index (χ2n) is 4.97. The Bertz CT molecular complexity index is 650. The van der Waals surface area contributed by atoms with Crippen LogP contribution in [0.2, 0.25) is 4.34 Å².